The van der Waals surface area contributed by atoms with E-state index in [1.165, 1.54) is 37.7 Å². The molecule has 2 atom stereocenters. The van der Waals surface area contributed by atoms with Crippen LogP contribution in [-0.4, -0.2) is 17.8 Å². The van der Waals surface area contributed by atoms with Crippen LogP contribution in [0.25, 0.3) is 0 Å². The number of hydrogen-bond donors (Lipinski definition) is 2. The number of aliphatic hydroxyl groups is 1. The van der Waals surface area contributed by atoms with Gasteiger partial charge in [0.15, 0.2) is 0 Å². The van der Waals surface area contributed by atoms with E-state index >= 15 is 0 Å². The molecule has 0 aromatic heterocycles. The molecule has 0 spiro atoms. The SMILES string of the molecule is CCC(O)CCNC(c1ccccc1)C1CCCCC1. The van der Waals surface area contributed by atoms with Crippen LogP contribution >= 0.6 is 0 Å². The van der Waals surface area contributed by atoms with Gasteiger partial charge in [-0.3, -0.25) is 0 Å². The van der Waals surface area contributed by atoms with Crippen molar-refractivity contribution in [1.29, 1.82) is 0 Å². The van der Waals surface area contributed by atoms with Gasteiger partial charge in [0.05, 0.1) is 6.10 Å². The molecule has 2 unspecified atom stereocenters. The Morgan fingerprint density at radius 2 is 1.85 bits per heavy atom. The van der Waals surface area contributed by atoms with Crippen molar-refractivity contribution in [1.82, 2.24) is 5.32 Å². The van der Waals surface area contributed by atoms with Crippen molar-refractivity contribution in [2.45, 2.75) is 64.0 Å². The van der Waals surface area contributed by atoms with E-state index in [1.54, 1.807) is 0 Å². The van der Waals surface area contributed by atoms with Gasteiger partial charge < -0.3 is 10.4 Å². The van der Waals surface area contributed by atoms with Gasteiger partial charge in [-0.05, 0) is 43.7 Å². The molecular formula is C18H29NO. The molecule has 0 amide bonds. The molecule has 1 saturated carbocycles. The molecule has 0 bridgehead atoms. The van der Waals surface area contributed by atoms with Gasteiger partial charge in [-0.2, -0.15) is 0 Å². The molecule has 20 heavy (non-hydrogen) atoms. The van der Waals surface area contributed by atoms with E-state index in [4.69, 9.17) is 0 Å². The zero-order valence-electron chi connectivity index (χ0n) is 12.7. The minimum atomic E-state index is -0.162. The molecule has 1 aliphatic rings. The van der Waals surface area contributed by atoms with Crippen molar-refractivity contribution in [3.05, 3.63) is 35.9 Å². The van der Waals surface area contributed by atoms with E-state index in [2.05, 4.69) is 35.6 Å². The Morgan fingerprint density at radius 3 is 2.50 bits per heavy atom. The van der Waals surface area contributed by atoms with E-state index in [0.717, 1.165) is 25.3 Å². The number of hydrogen-bond acceptors (Lipinski definition) is 2. The van der Waals surface area contributed by atoms with Crippen LogP contribution in [-0.2, 0) is 0 Å². The van der Waals surface area contributed by atoms with Crippen molar-refractivity contribution in [3.63, 3.8) is 0 Å². The van der Waals surface area contributed by atoms with Gasteiger partial charge in [0.2, 0.25) is 0 Å². The fourth-order valence-electron chi connectivity index (χ4n) is 3.29. The summed E-state index contributed by atoms with van der Waals surface area (Å²) >= 11 is 0. The lowest BCUT2D eigenvalue weighted by Crippen LogP contribution is -2.31. The highest BCUT2D eigenvalue weighted by molar-refractivity contribution is 5.19. The van der Waals surface area contributed by atoms with Crippen molar-refractivity contribution >= 4 is 0 Å². The van der Waals surface area contributed by atoms with Crippen LogP contribution in [0.1, 0.15) is 63.5 Å². The van der Waals surface area contributed by atoms with Crippen LogP contribution in [0.15, 0.2) is 30.3 Å². The molecule has 112 valence electrons. The molecular weight excluding hydrogens is 246 g/mol. The molecule has 2 rings (SSSR count). The molecule has 2 nitrogen and oxygen atoms in total. The highest BCUT2D eigenvalue weighted by Gasteiger charge is 2.24. The Balaban J connectivity index is 1.96. The molecule has 0 saturated heterocycles. The second-order valence-corrected chi connectivity index (χ2v) is 6.09. The number of aliphatic hydroxyl groups excluding tert-OH is 1. The number of rotatable bonds is 7. The van der Waals surface area contributed by atoms with Crippen molar-refractivity contribution < 1.29 is 5.11 Å². The van der Waals surface area contributed by atoms with E-state index in [0.29, 0.717) is 6.04 Å². The van der Waals surface area contributed by atoms with Gasteiger partial charge in [0.1, 0.15) is 0 Å². The van der Waals surface area contributed by atoms with Crippen LogP contribution in [0.2, 0.25) is 0 Å². The van der Waals surface area contributed by atoms with E-state index in [-0.39, 0.29) is 6.10 Å². The summed E-state index contributed by atoms with van der Waals surface area (Å²) in [5, 5.41) is 13.4. The minimum Gasteiger partial charge on any atom is -0.393 e. The Hall–Kier alpha value is -0.860. The average molecular weight is 275 g/mol. The minimum absolute atomic E-state index is 0.162. The highest BCUT2D eigenvalue weighted by atomic mass is 16.3. The molecule has 2 heteroatoms. The summed E-state index contributed by atoms with van der Waals surface area (Å²) < 4.78 is 0. The fourth-order valence-corrected chi connectivity index (χ4v) is 3.29. The van der Waals surface area contributed by atoms with Crippen molar-refractivity contribution in [2.75, 3.05) is 6.54 Å². The van der Waals surface area contributed by atoms with Crippen LogP contribution in [0.4, 0.5) is 0 Å². The van der Waals surface area contributed by atoms with Gasteiger partial charge in [-0.1, -0.05) is 56.5 Å². The Labute approximate surface area is 123 Å². The standard InChI is InChI=1S/C18H29NO/c1-2-17(20)13-14-19-18(15-9-5-3-6-10-15)16-11-7-4-8-12-16/h3,5-6,9-10,16-20H,2,4,7-8,11-14H2,1H3. The summed E-state index contributed by atoms with van der Waals surface area (Å²) in [4.78, 5) is 0. The first-order valence-electron chi connectivity index (χ1n) is 8.27. The van der Waals surface area contributed by atoms with Crippen LogP contribution < -0.4 is 5.32 Å². The molecule has 1 aliphatic carbocycles. The predicted octanol–water partition coefficient (Wildman–Crippen LogP) is 4.06. The average Bonchev–Trinajstić information content (AvgIpc) is 2.53. The zero-order valence-corrected chi connectivity index (χ0v) is 12.7. The molecule has 1 fully saturated rings. The lowest BCUT2D eigenvalue weighted by atomic mass is 9.81. The van der Waals surface area contributed by atoms with Gasteiger partial charge in [0.25, 0.3) is 0 Å². The van der Waals surface area contributed by atoms with Gasteiger partial charge in [-0.25, -0.2) is 0 Å². The lowest BCUT2D eigenvalue weighted by molar-refractivity contribution is 0.155. The topological polar surface area (TPSA) is 32.3 Å². The third-order valence-corrected chi connectivity index (χ3v) is 4.59. The monoisotopic (exact) mass is 275 g/mol. The Morgan fingerprint density at radius 1 is 1.15 bits per heavy atom. The first-order valence-corrected chi connectivity index (χ1v) is 8.27. The lowest BCUT2D eigenvalue weighted by Gasteiger charge is -2.31. The van der Waals surface area contributed by atoms with Gasteiger partial charge in [-0.15, -0.1) is 0 Å². The fraction of sp³-hybridized carbons (Fsp3) is 0.667. The predicted molar refractivity (Wildman–Crippen MR) is 84.7 cm³/mol. The zero-order chi connectivity index (χ0) is 14.2. The summed E-state index contributed by atoms with van der Waals surface area (Å²) in [5.74, 6) is 0.755. The second kappa shape index (κ2) is 8.43. The number of nitrogens with one attached hydrogen (secondary N) is 1. The highest BCUT2D eigenvalue weighted by Crippen LogP contribution is 2.34. The third kappa shape index (κ3) is 4.60. The second-order valence-electron chi connectivity index (χ2n) is 6.09. The van der Waals surface area contributed by atoms with Crippen molar-refractivity contribution in [2.24, 2.45) is 5.92 Å². The van der Waals surface area contributed by atoms with Gasteiger partial charge >= 0.3 is 0 Å². The van der Waals surface area contributed by atoms with E-state index in [1.807, 2.05) is 6.92 Å². The van der Waals surface area contributed by atoms with Crippen LogP contribution in [0.3, 0.4) is 0 Å². The molecule has 0 radical (unpaired) electrons. The maximum absolute atomic E-state index is 9.71. The Bertz CT molecular complexity index is 359. The summed E-state index contributed by atoms with van der Waals surface area (Å²) in [6, 6.07) is 11.3. The normalized spacial score (nSPS) is 19.7. The van der Waals surface area contributed by atoms with Crippen molar-refractivity contribution in [3.8, 4) is 0 Å². The largest absolute Gasteiger partial charge is 0.393 e. The molecule has 0 aliphatic heterocycles. The number of benzene rings is 1. The summed E-state index contributed by atoms with van der Waals surface area (Å²) in [6.07, 6.45) is 8.34. The molecule has 0 heterocycles. The van der Waals surface area contributed by atoms with Crippen LogP contribution in [0, 0.1) is 5.92 Å². The smallest absolute Gasteiger partial charge is 0.0549 e. The summed E-state index contributed by atoms with van der Waals surface area (Å²) in [5.41, 5.74) is 1.41. The van der Waals surface area contributed by atoms with Crippen LogP contribution in [0.5, 0.6) is 0 Å². The summed E-state index contributed by atoms with van der Waals surface area (Å²) in [7, 11) is 0. The summed E-state index contributed by atoms with van der Waals surface area (Å²) in [6.45, 7) is 2.95. The maximum atomic E-state index is 9.71. The Kier molecular flexibility index (Phi) is 6.55. The van der Waals surface area contributed by atoms with Gasteiger partial charge in [0, 0.05) is 6.04 Å². The maximum Gasteiger partial charge on any atom is 0.0549 e. The van der Waals surface area contributed by atoms with E-state index < -0.39 is 0 Å². The molecule has 1 aromatic carbocycles. The third-order valence-electron chi connectivity index (χ3n) is 4.59. The molecule has 2 N–H and O–H groups in total. The quantitative estimate of drug-likeness (QED) is 0.786. The first kappa shape index (κ1) is 15.5. The van der Waals surface area contributed by atoms with E-state index in [9.17, 15) is 5.11 Å². The first-order chi connectivity index (χ1) is 9.81. The molecule has 1 aromatic rings.